The minimum absolute atomic E-state index is 0.242. The number of rotatable bonds is 9. The average Bonchev–Trinajstić information content (AvgIpc) is 2.81. The number of hydrogen-bond acceptors (Lipinski definition) is 6. The molecule has 4 aromatic carbocycles. The van der Waals surface area contributed by atoms with Crippen molar-refractivity contribution in [3.8, 4) is 23.0 Å². The first-order valence-electron chi connectivity index (χ1n) is 9.86. The summed E-state index contributed by atoms with van der Waals surface area (Å²) in [5.74, 6) is 1.02. The van der Waals surface area contributed by atoms with Gasteiger partial charge in [-0.25, -0.2) is 0 Å². The Labute approximate surface area is 187 Å². The molecule has 0 spiro atoms. The van der Waals surface area contributed by atoms with Crippen molar-refractivity contribution in [2.75, 3.05) is 0 Å². The van der Waals surface area contributed by atoms with Crippen molar-refractivity contribution in [1.82, 2.24) is 0 Å². The van der Waals surface area contributed by atoms with E-state index in [1.165, 1.54) is 0 Å². The molecule has 0 fully saturated rings. The molecule has 164 valence electrons. The van der Waals surface area contributed by atoms with Crippen LogP contribution in [0.4, 0.5) is 0 Å². The van der Waals surface area contributed by atoms with E-state index in [0.717, 1.165) is 0 Å². The van der Waals surface area contributed by atoms with Gasteiger partial charge in [0.25, 0.3) is 0 Å². The molecule has 6 nitrogen and oxygen atoms in total. The second-order valence-corrected chi connectivity index (χ2v) is 12.9. The van der Waals surface area contributed by atoms with Gasteiger partial charge in [0.2, 0.25) is 0 Å². The molecule has 0 amide bonds. The Kier molecular flexibility index (Phi) is 6.77. The topological polar surface area (TPSA) is 74.2 Å². The van der Waals surface area contributed by atoms with E-state index in [2.05, 4.69) is 0 Å². The zero-order valence-corrected chi connectivity index (χ0v) is 18.9. The van der Waals surface area contributed by atoms with Crippen molar-refractivity contribution in [3.63, 3.8) is 0 Å². The Hall–Kier alpha value is -3.30. The second-order valence-electron chi connectivity index (χ2n) is 6.68. The van der Waals surface area contributed by atoms with Crippen LogP contribution >= 0.6 is 14.9 Å². The fourth-order valence-corrected chi connectivity index (χ4v) is 7.64. The van der Waals surface area contributed by atoms with E-state index in [0.29, 0.717) is 0 Å². The summed E-state index contributed by atoms with van der Waals surface area (Å²) in [5.41, 5.74) is 0. The van der Waals surface area contributed by atoms with Crippen LogP contribution < -0.4 is 18.1 Å². The van der Waals surface area contributed by atoms with Crippen LogP contribution in [0.25, 0.3) is 0 Å². The first-order chi connectivity index (χ1) is 15.6. The molecule has 0 aliphatic rings. The molecule has 0 aliphatic heterocycles. The van der Waals surface area contributed by atoms with Gasteiger partial charge in [0.05, 0.1) is 0 Å². The molecule has 0 bridgehead atoms. The first-order valence-corrected chi connectivity index (χ1v) is 14.0. The van der Waals surface area contributed by atoms with Crippen LogP contribution in [0, 0.1) is 0 Å². The molecular weight excluding hydrogens is 446 g/mol. The Balaban J connectivity index is 1.79. The predicted octanol–water partition coefficient (Wildman–Crippen LogP) is 6.90. The quantitative estimate of drug-likeness (QED) is 0.270. The van der Waals surface area contributed by atoms with Gasteiger partial charge in [-0.05, 0) is 0 Å². The van der Waals surface area contributed by atoms with Crippen molar-refractivity contribution < 1.29 is 27.6 Å². The normalized spacial score (nSPS) is 11.9. The van der Waals surface area contributed by atoms with Gasteiger partial charge in [-0.3, -0.25) is 0 Å². The summed E-state index contributed by atoms with van der Waals surface area (Å²) in [5, 5.41) is 0. The third kappa shape index (κ3) is 5.30. The molecule has 1 N–H and O–H groups in total. The summed E-state index contributed by atoms with van der Waals surface area (Å²) >= 11 is 0. The summed E-state index contributed by atoms with van der Waals surface area (Å²) in [6, 6.07) is 33.9. The van der Waals surface area contributed by atoms with Gasteiger partial charge >= 0.3 is 187 Å². The van der Waals surface area contributed by atoms with E-state index < -0.39 is 14.9 Å². The third-order valence-electron chi connectivity index (χ3n) is 4.27. The Morgan fingerprint density at radius 2 is 0.781 bits per heavy atom. The molecule has 0 saturated heterocycles. The molecule has 0 radical (unpaired) electrons. The molecular formula is C24H22O6P2. The van der Waals surface area contributed by atoms with Gasteiger partial charge in [-0.15, -0.1) is 0 Å². The molecule has 4 rings (SSSR count). The Bertz CT molecular complexity index is 1070. The molecule has 0 aliphatic carbocycles. The fraction of sp³-hybridized carbons (Fsp3) is 0. The van der Waals surface area contributed by atoms with E-state index in [1.807, 2.05) is 0 Å². The maximum atomic E-state index is 14.3. The van der Waals surface area contributed by atoms with Crippen LogP contribution in [0.3, 0.4) is 0 Å². The Morgan fingerprint density at radius 1 is 0.500 bits per heavy atom. The van der Waals surface area contributed by atoms with Gasteiger partial charge < -0.3 is 0 Å². The summed E-state index contributed by atoms with van der Waals surface area (Å²) in [6.45, 7) is 0. The van der Waals surface area contributed by atoms with E-state index >= 15 is 0 Å². The molecule has 0 aromatic heterocycles. The SMILES string of the molecule is O=P(Oc1ccccc1)(Oc1ccccc1)[PH](O)(Oc1ccccc1)Oc1ccccc1. The zero-order chi connectivity index (χ0) is 22.3. The number of benzene rings is 4. The summed E-state index contributed by atoms with van der Waals surface area (Å²) in [4.78, 5) is 11.7. The van der Waals surface area contributed by atoms with E-state index in [1.54, 1.807) is 121 Å². The summed E-state index contributed by atoms with van der Waals surface area (Å²) in [6.07, 6.45) is 0. The first kappa shape index (κ1) is 21.9. The van der Waals surface area contributed by atoms with Crippen LogP contribution in [-0.2, 0) is 4.57 Å². The van der Waals surface area contributed by atoms with Crippen LogP contribution in [0.1, 0.15) is 0 Å². The minimum atomic E-state index is -4.74. The number of hydrogen-bond donors (Lipinski definition) is 1. The molecule has 4 aromatic rings. The van der Waals surface area contributed by atoms with Crippen LogP contribution in [0.15, 0.2) is 121 Å². The van der Waals surface area contributed by atoms with E-state index in [-0.39, 0.29) is 23.0 Å². The van der Waals surface area contributed by atoms with Crippen molar-refractivity contribution in [1.29, 1.82) is 0 Å². The van der Waals surface area contributed by atoms with Gasteiger partial charge in [0, 0.05) is 0 Å². The van der Waals surface area contributed by atoms with E-state index in [4.69, 9.17) is 18.1 Å². The average molecular weight is 468 g/mol. The number of para-hydroxylation sites is 4. The molecule has 0 saturated carbocycles. The monoisotopic (exact) mass is 468 g/mol. The van der Waals surface area contributed by atoms with Crippen LogP contribution in [0.2, 0.25) is 0 Å². The fourth-order valence-electron chi connectivity index (χ4n) is 2.79. The summed E-state index contributed by atoms with van der Waals surface area (Å²) in [7, 11) is -9.21. The van der Waals surface area contributed by atoms with Gasteiger partial charge in [0.1, 0.15) is 0 Å². The molecule has 32 heavy (non-hydrogen) atoms. The maximum absolute atomic E-state index is 14.3. The van der Waals surface area contributed by atoms with Gasteiger partial charge in [0.15, 0.2) is 0 Å². The predicted molar refractivity (Wildman–Crippen MR) is 126 cm³/mol. The summed E-state index contributed by atoms with van der Waals surface area (Å²) < 4.78 is 37.7. The standard InChI is InChI=1S/C24H22O6P2/c25-31(27-21-13-5-1-6-14-21,28-22-15-7-2-8-16-22)32(26,29-23-17-9-3-10-18-23)30-24-19-11-4-12-20-24/h1-20,25,31H. The zero-order valence-electron chi connectivity index (χ0n) is 17.0. The molecule has 0 atom stereocenters. The van der Waals surface area contributed by atoms with E-state index in [9.17, 15) is 9.46 Å². The second kappa shape index (κ2) is 9.88. The van der Waals surface area contributed by atoms with Crippen LogP contribution in [-0.4, -0.2) is 4.89 Å². The molecule has 0 heterocycles. The van der Waals surface area contributed by atoms with Crippen molar-refractivity contribution >= 4 is 14.9 Å². The van der Waals surface area contributed by atoms with Crippen molar-refractivity contribution in [3.05, 3.63) is 121 Å². The molecule has 8 heteroatoms. The van der Waals surface area contributed by atoms with Gasteiger partial charge in [-0.1, -0.05) is 0 Å². The van der Waals surface area contributed by atoms with Crippen LogP contribution in [0.5, 0.6) is 23.0 Å². The Morgan fingerprint density at radius 3 is 1.09 bits per heavy atom. The van der Waals surface area contributed by atoms with Gasteiger partial charge in [-0.2, -0.15) is 0 Å². The molecule has 0 unspecified atom stereocenters. The van der Waals surface area contributed by atoms with Crippen molar-refractivity contribution in [2.45, 2.75) is 0 Å². The third-order valence-corrected chi connectivity index (χ3v) is 10.0. The van der Waals surface area contributed by atoms with Crippen molar-refractivity contribution in [2.24, 2.45) is 0 Å².